The van der Waals surface area contributed by atoms with Gasteiger partial charge in [0.25, 0.3) is 0 Å². The number of fused-ring (bicyclic) bond motifs is 4. The third kappa shape index (κ3) is 2.89. The molecule has 3 aliphatic rings. The van der Waals surface area contributed by atoms with Crippen molar-refractivity contribution >= 4 is 28.9 Å². The molecule has 0 aliphatic carbocycles. The summed E-state index contributed by atoms with van der Waals surface area (Å²) in [6, 6.07) is 19.3. The van der Waals surface area contributed by atoms with Crippen LogP contribution in [0.2, 0.25) is 10.0 Å². The third-order valence-corrected chi connectivity index (χ3v) is 6.06. The van der Waals surface area contributed by atoms with E-state index >= 15 is 0 Å². The molecule has 3 aromatic carbocycles. The zero-order valence-corrected chi connectivity index (χ0v) is 17.2. The van der Waals surface area contributed by atoms with Crippen molar-refractivity contribution in [3.8, 4) is 17.2 Å². The average molecular weight is 439 g/mol. The fourth-order valence-corrected chi connectivity index (χ4v) is 4.57. The van der Waals surface area contributed by atoms with E-state index in [0.717, 1.165) is 46.1 Å². The first kappa shape index (κ1) is 17.9. The van der Waals surface area contributed by atoms with Crippen LogP contribution in [-0.2, 0) is 0 Å². The van der Waals surface area contributed by atoms with Gasteiger partial charge in [-0.15, -0.1) is 0 Å². The molecule has 0 aromatic heterocycles. The predicted molar refractivity (Wildman–Crippen MR) is 115 cm³/mol. The van der Waals surface area contributed by atoms with Crippen molar-refractivity contribution in [2.24, 2.45) is 5.10 Å². The summed E-state index contributed by atoms with van der Waals surface area (Å²) in [5.41, 5.74) is 3.94. The molecule has 0 unspecified atom stereocenters. The lowest BCUT2D eigenvalue weighted by molar-refractivity contribution is -0.0190. The molecule has 0 fully saturated rings. The average Bonchev–Trinajstić information content (AvgIpc) is 3.40. The van der Waals surface area contributed by atoms with Crippen molar-refractivity contribution in [1.29, 1.82) is 0 Å². The van der Waals surface area contributed by atoms with E-state index in [4.69, 9.17) is 42.5 Å². The van der Waals surface area contributed by atoms with E-state index in [1.165, 1.54) is 0 Å². The fraction of sp³-hybridized carbons (Fsp3) is 0.174. The molecule has 30 heavy (non-hydrogen) atoms. The van der Waals surface area contributed by atoms with Crippen LogP contribution >= 0.6 is 23.2 Å². The zero-order valence-electron chi connectivity index (χ0n) is 15.7. The molecule has 150 valence electrons. The fourth-order valence-electron chi connectivity index (χ4n) is 4.19. The van der Waals surface area contributed by atoms with E-state index < -0.39 is 0 Å². The molecule has 3 aromatic rings. The van der Waals surface area contributed by atoms with Crippen LogP contribution in [0, 0.1) is 0 Å². The van der Waals surface area contributed by atoms with Gasteiger partial charge in [0.15, 0.2) is 11.5 Å². The third-order valence-electron chi connectivity index (χ3n) is 5.59. The number of hydrogen-bond donors (Lipinski definition) is 0. The highest BCUT2D eigenvalue weighted by molar-refractivity contribution is 6.31. The quantitative estimate of drug-likeness (QED) is 0.494. The molecular formula is C23H16Cl2N2O3. The second-order valence-corrected chi connectivity index (χ2v) is 8.29. The smallest absolute Gasteiger partial charge is 0.231 e. The molecule has 0 spiro atoms. The number of nitrogens with zero attached hydrogens (tertiary/aromatic N) is 2. The number of halogens is 2. The highest BCUT2D eigenvalue weighted by Crippen LogP contribution is 2.48. The van der Waals surface area contributed by atoms with E-state index in [1.807, 2.05) is 65.7 Å². The summed E-state index contributed by atoms with van der Waals surface area (Å²) in [6.45, 7) is 0.247. The van der Waals surface area contributed by atoms with Crippen molar-refractivity contribution in [2.45, 2.75) is 18.7 Å². The van der Waals surface area contributed by atoms with Crippen molar-refractivity contribution in [2.75, 3.05) is 6.79 Å². The summed E-state index contributed by atoms with van der Waals surface area (Å²) in [5.74, 6) is 2.31. The Hall–Kier alpha value is -2.89. The molecule has 6 rings (SSSR count). The van der Waals surface area contributed by atoms with Crippen LogP contribution in [-0.4, -0.2) is 17.5 Å². The lowest BCUT2D eigenvalue weighted by Gasteiger charge is -2.38. The van der Waals surface area contributed by atoms with Gasteiger partial charge in [0.1, 0.15) is 5.75 Å². The van der Waals surface area contributed by atoms with Crippen molar-refractivity contribution in [3.63, 3.8) is 0 Å². The largest absolute Gasteiger partial charge is 0.464 e. The summed E-state index contributed by atoms with van der Waals surface area (Å²) in [6.07, 6.45) is 0.349. The minimum atomic E-state index is -0.381. The van der Waals surface area contributed by atoms with Crippen LogP contribution < -0.4 is 14.2 Å². The maximum absolute atomic E-state index is 6.36. The SMILES string of the molecule is Clc1cccc([C@@H]2Oc3ccc(Cl)cc3[C@H]3CC(c4ccc5c(c4)OCO5)=NN32)c1. The van der Waals surface area contributed by atoms with Gasteiger partial charge in [0.2, 0.25) is 13.0 Å². The Balaban J connectivity index is 1.44. The molecule has 2 atom stereocenters. The van der Waals surface area contributed by atoms with Crippen LogP contribution in [0.25, 0.3) is 0 Å². The number of ether oxygens (including phenoxy) is 3. The van der Waals surface area contributed by atoms with Gasteiger partial charge in [-0.2, -0.15) is 5.10 Å². The summed E-state index contributed by atoms with van der Waals surface area (Å²) in [4.78, 5) is 0. The Kier molecular flexibility index (Phi) is 4.08. The first-order valence-corrected chi connectivity index (χ1v) is 10.4. The molecule has 0 N–H and O–H groups in total. The van der Waals surface area contributed by atoms with Gasteiger partial charge in [-0.3, -0.25) is 0 Å². The topological polar surface area (TPSA) is 43.3 Å². The molecule has 0 bridgehead atoms. The first-order chi connectivity index (χ1) is 14.7. The number of hydrazone groups is 1. The molecule has 0 amide bonds. The molecule has 3 aliphatic heterocycles. The number of hydrogen-bond acceptors (Lipinski definition) is 5. The second-order valence-electron chi connectivity index (χ2n) is 7.42. The van der Waals surface area contributed by atoms with Gasteiger partial charge in [-0.25, -0.2) is 5.01 Å². The van der Waals surface area contributed by atoms with E-state index in [1.54, 1.807) is 0 Å². The minimum Gasteiger partial charge on any atom is -0.464 e. The van der Waals surface area contributed by atoms with Gasteiger partial charge in [0.05, 0.1) is 11.8 Å². The van der Waals surface area contributed by atoms with Crippen LogP contribution in [0.1, 0.15) is 35.4 Å². The molecule has 0 radical (unpaired) electrons. The van der Waals surface area contributed by atoms with Gasteiger partial charge in [-0.05, 0) is 48.5 Å². The van der Waals surface area contributed by atoms with Crippen molar-refractivity contribution in [1.82, 2.24) is 5.01 Å². The minimum absolute atomic E-state index is 0.0110. The monoisotopic (exact) mass is 438 g/mol. The van der Waals surface area contributed by atoms with E-state index in [0.29, 0.717) is 10.0 Å². The zero-order chi connectivity index (χ0) is 20.2. The standard InChI is InChI=1S/C23H16Cl2N2O3/c24-15-3-1-2-14(8-15)23-27-19(17-10-16(25)5-7-20(17)30-23)11-18(26-27)13-4-6-21-22(9-13)29-12-28-21/h1-10,19,23H,11-12H2/t19-,23+/m1/s1. The summed E-state index contributed by atoms with van der Waals surface area (Å²) >= 11 is 12.6. The van der Waals surface area contributed by atoms with Crippen LogP contribution in [0.4, 0.5) is 0 Å². The summed E-state index contributed by atoms with van der Waals surface area (Å²) in [7, 11) is 0. The summed E-state index contributed by atoms with van der Waals surface area (Å²) < 4.78 is 17.3. The lowest BCUT2D eigenvalue weighted by Crippen LogP contribution is -2.33. The first-order valence-electron chi connectivity index (χ1n) is 9.63. The number of benzene rings is 3. The van der Waals surface area contributed by atoms with Gasteiger partial charge in [0, 0.05) is 33.2 Å². The molecule has 3 heterocycles. The Morgan fingerprint density at radius 3 is 2.60 bits per heavy atom. The van der Waals surface area contributed by atoms with Gasteiger partial charge >= 0.3 is 0 Å². The van der Waals surface area contributed by atoms with Crippen LogP contribution in [0.15, 0.2) is 65.8 Å². The van der Waals surface area contributed by atoms with Gasteiger partial charge < -0.3 is 14.2 Å². The molecule has 0 saturated heterocycles. The molecule has 7 heteroatoms. The molecule has 0 saturated carbocycles. The number of rotatable bonds is 2. The van der Waals surface area contributed by atoms with Crippen molar-refractivity contribution in [3.05, 3.63) is 87.4 Å². The predicted octanol–water partition coefficient (Wildman–Crippen LogP) is 5.96. The van der Waals surface area contributed by atoms with Crippen LogP contribution in [0.3, 0.4) is 0 Å². The van der Waals surface area contributed by atoms with Crippen molar-refractivity contribution < 1.29 is 14.2 Å². The Morgan fingerprint density at radius 1 is 0.867 bits per heavy atom. The summed E-state index contributed by atoms with van der Waals surface area (Å²) in [5, 5.41) is 8.31. The van der Waals surface area contributed by atoms with E-state index in [-0.39, 0.29) is 19.1 Å². The van der Waals surface area contributed by atoms with E-state index in [9.17, 15) is 0 Å². The molecular weight excluding hydrogens is 423 g/mol. The normalized spacial score (nSPS) is 21.0. The Bertz CT molecular complexity index is 1200. The maximum atomic E-state index is 6.36. The maximum Gasteiger partial charge on any atom is 0.231 e. The lowest BCUT2D eigenvalue weighted by atomic mass is 9.95. The Labute approximate surface area is 183 Å². The highest BCUT2D eigenvalue weighted by Gasteiger charge is 2.41. The van der Waals surface area contributed by atoms with Crippen LogP contribution in [0.5, 0.6) is 17.2 Å². The second kappa shape index (κ2) is 6.83. The highest BCUT2D eigenvalue weighted by atomic mass is 35.5. The van der Waals surface area contributed by atoms with E-state index in [2.05, 4.69) is 0 Å². The molecule has 5 nitrogen and oxygen atoms in total. The van der Waals surface area contributed by atoms with Gasteiger partial charge in [-0.1, -0.05) is 35.3 Å². The Morgan fingerprint density at radius 2 is 1.70 bits per heavy atom.